The number of halogens is 1. The summed E-state index contributed by atoms with van der Waals surface area (Å²) in [5.41, 5.74) is 0.368. The van der Waals surface area contributed by atoms with Gasteiger partial charge in [-0.05, 0) is 38.8 Å². The highest BCUT2D eigenvalue weighted by Gasteiger charge is 2.24. The molecule has 1 aromatic heterocycles. The van der Waals surface area contributed by atoms with E-state index in [1.54, 1.807) is 6.20 Å². The van der Waals surface area contributed by atoms with Gasteiger partial charge in [-0.1, -0.05) is 25.4 Å². The van der Waals surface area contributed by atoms with Crippen molar-refractivity contribution >= 4 is 17.3 Å². The van der Waals surface area contributed by atoms with Crippen molar-refractivity contribution in [2.24, 2.45) is 5.92 Å². The molecule has 1 aliphatic rings. The number of hydrogen-bond acceptors (Lipinski definition) is 4. The molecule has 6 heteroatoms. The van der Waals surface area contributed by atoms with E-state index in [2.05, 4.69) is 36.1 Å². The van der Waals surface area contributed by atoms with Gasteiger partial charge in [-0.15, -0.1) is 0 Å². The predicted molar refractivity (Wildman–Crippen MR) is 87.1 cm³/mol. The highest BCUT2D eigenvalue weighted by atomic mass is 35.5. The van der Waals surface area contributed by atoms with Crippen LogP contribution in [0.4, 0.5) is 5.69 Å². The van der Waals surface area contributed by atoms with Gasteiger partial charge in [0.15, 0.2) is 0 Å². The van der Waals surface area contributed by atoms with E-state index in [0.717, 1.165) is 19.6 Å². The molecule has 0 radical (unpaired) electrons. The Morgan fingerprint density at radius 1 is 1.48 bits per heavy atom. The summed E-state index contributed by atoms with van der Waals surface area (Å²) in [5, 5.41) is 7.81. The first-order valence-electron chi connectivity index (χ1n) is 7.79. The SMILES string of the molecule is CCN(CC)CC(C)Nc1c(Cl)cnn(CC2CC2)c1=O. The van der Waals surface area contributed by atoms with Crippen molar-refractivity contribution in [1.82, 2.24) is 14.7 Å². The molecule has 21 heavy (non-hydrogen) atoms. The van der Waals surface area contributed by atoms with Crippen LogP contribution in [0.25, 0.3) is 0 Å². The van der Waals surface area contributed by atoms with E-state index in [1.165, 1.54) is 17.5 Å². The fraction of sp³-hybridized carbons (Fsp3) is 0.733. The summed E-state index contributed by atoms with van der Waals surface area (Å²) >= 11 is 6.15. The summed E-state index contributed by atoms with van der Waals surface area (Å²) in [5.74, 6) is 0.609. The first-order valence-corrected chi connectivity index (χ1v) is 8.17. The first-order chi connectivity index (χ1) is 10.0. The molecule has 2 rings (SSSR count). The average molecular weight is 313 g/mol. The van der Waals surface area contributed by atoms with Gasteiger partial charge in [0.05, 0.1) is 11.2 Å². The molecular weight excluding hydrogens is 288 g/mol. The Kier molecular flexibility index (Phi) is 5.65. The molecule has 0 spiro atoms. The molecule has 118 valence electrons. The smallest absolute Gasteiger partial charge is 0.291 e. The van der Waals surface area contributed by atoms with Crippen LogP contribution in [0.1, 0.15) is 33.6 Å². The molecule has 1 saturated carbocycles. The van der Waals surface area contributed by atoms with Gasteiger partial charge in [-0.25, -0.2) is 4.68 Å². The lowest BCUT2D eigenvalue weighted by Gasteiger charge is -2.24. The van der Waals surface area contributed by atoms with Gasteiger partial charge in [0.1, 0.15) is 5.69 Å². The van der Waals surface area contributed by atoms with Crippen LogP contribution in [-0.2, 0) is 6.54 Å². The van der Waals surface area contributed by atoms with Gasteiger partial charge in [0.25, 0.3) is 5.56 Å². The number of rotatable bonds is 8. The molecule has 0 amide bonds. The number of anilines is 1. The van der Waals surface area contributed by atoms with Crippen LogP contribution < -0.4 is 10.9 Å². The summed E-state index contributed by atoms with van der Waals surface area (Å²) in [6, 6.07) is 0.159. The maximum atomic E-state index is 12.5. The van der Waals surface area contributed by atoms with Crippen LogP contribution in [0.3, 0.4) is 0 Å². The number of nitrogens with one attached hydrogen (secondary N) is 1. The lowest BCUT2D eigenvalue weighted by atomic mass is 10.3. The Morgan fingerprint density at radius 2 is 2.14 bits per heavy atom. The second kappa shape index (κ2) is 7.27. The maximum Gasteiger partial charge on any atom is 0.291 e. The third kappa shape index (κ3) is 4.45. The molecule has 1 fully saturated rings. The Bertz CT molecular complexity index is 523. The largest absolute Gasteiger partial charge is 0.376 e. The van der Waals surface area contributed by atoms with Crippen molar-refractivity contribution in [3.05, 3.63) is 21.6 Å². The van der Waals surface area contributed by atoms with E-state index in [4.69, 9.17) is 11.6 Å². The quantitative estimate of drug-likeness (QED) is 0.801. The highest BCUT2D eigenvalue weighted by Crippen LogP contribution is 2.30. The zero-order chi connectivity index (χ0) is 15.4. The molecule has 1 N–H and O–H groups in total. The maximum absolute atomic E-state index is 12.5. The normalized spacial score (nSPS) is 16.2. The van der Waals surface area contributed by atoms with E-state index < -0.39 is 0 Å². The molecule has 0 saturated heterocycles. The molecule has 1 aliphatic carbocycles. The zero-order valence-electron chi connectivity index (χ0n) is 13.1. The van der Waals surface area contributed by atoms with Crippen molar-refractivity contribution in [2.45, 2.75) is 46.2 Å². The second-order valence-corrected chi connectivity index (χ2v) is 6.24. The summed E-state index contributed by atoms with van der Waals surface area (Å²) in [4.78, 5) is 14.8. The molecule has 0 bridgehead atoms. The van der Waals surface area contributed by atoms with Crippen molar-refractivity contribution in [3.8, 4) is 0 Å². The van der Waals surface area contributed by atoms with Crippen LogP contribution in [0.15, 0.2) is 11.0 Å². The van der Waals surface area contributed by atoms with Crippen molar-refractivity contribution in [2.75, 3.05) is 25.0 Å². The van der Waals surface area contributed by atoms with Crippen LogP contribution in [0.2, 0.25) is 5.02 Å². The van der Waals surface area contributed by atoms with Gasteiger partial charge in [-0.2, -0.15) is 5.10 Å². The topological polar surface area (TPSA) is 50.2 Å². The van der Waals surface area contributed by atoms with Gasteiger partial charge < -0.3 is 10.2 Å². The number of nitrogens with zero attached hydrogens (tertiary/aromatic N) is 3. The van der Waals surface area contributed by atoms with Crippen LogP contribution >= 0.6 is 11.6 Å². The number of likely N-dealkylation sites (N-methyl/N-ethyl adjacent to an activating group) is 1. The fourth-order valence-electron chi connectivity index (χ4n) is 2.44. The van der Waals surface area contributed by atoms with Crippen LogP contribution in [-0.4, -0.2) is 40.4 Å². The van der Waals surface area contributed by atoms with E-state index in [9.17, 15) is 4.79 Å². The summed E-state index contributed by atoms with van der Waals surface area (Å²) < 4.78 is 1.54. The summed E-state index contributed by atoms with van der Waals surface area (Å²) in [6.45, 7) is 9.93. The minimum atomic E-state index is -0.110. The fourth-order valence-corrected chi connectivity index (χ4v) is 2.61. The zero-order valence-corrected chi connectivity index (χ0v) is 13.9. The minimum absolute atomic E-state index is 0.110. The molecule has 1 unspecified atom stereocenters. The molecule has 1 aromatic rings. The Morgan fingerprint density at radius 3 is 2.71 bits per heavy atom. The van der Waals surface area contributed by atoms with E-state index in [1.807, 2.05) is 0 Å². The van der Waals surface area contributed by atoms with Gasteiger partial charge in [0, 0.05) is 19.1 Å². The summed E-state index contributed by atoms with van der Waals surface area (Å²) in [7, 11) is 0. The van der Waals surface area contributed by atoms with Crippen molar-refractivity contribution in [3.63, 3.8) is 0 Å². The Labute approximate surface area is 131 Å². The lowest BCUT2D eigenvalue weighted by Crippen LogP contribution is -2.37. The minimum Gasteiger partial charge on any atom is -0.376 e. The van der Waals surface area contributed by atoms with Crippen LogP contribution in [0, 0.1) is 5.92 Å². The number of aromatic nitrogens is 2. The standard InChI is InChI=1S/C15H25ClN4O/c1-4-19(5-2)9-11(3)18-14-13(16)8-17-20(15(14)21)10-12-6-7-12/h8,11-12,18H,4-7,9-10H2,1-3H3. The van der Waals surface area contributed by atoms with E-state index in [0.29, 0.717) is 23.2 Å². The van der Waals surface area contributed by atoms with Gasteiger partial charge in [0.2, 0.25) is 0 Å². The summed E-state index contributed by atoms with van der Waals surface area (Å²) in [6.07, 6.45) is 3.95. The predicted octanol–water partition coefficient (Wildman–Crippen LogP) is 2.45. The molecule has 0 aromatic carbocycles. The molecular formula is C15H25ClN4O. The van der Waals surface area contributed by atoms with Gasteiger partial charge in [-0.3, -0.25) is 4.79 Å². The average Bonchev–Trinajstić information content (AvgIpc) is 3.28. The Hall–Kier alpha value is -1.07. The number of hydrogen-bond donors (Lipinski definition) is 1. The molecule has 1 atom stereocenters. The highest BCUT2D eigenvalue weighted by molar-refractivity contribution is 6.33. The lowest BCUT2D eigenvalue weighted by molar-refractivity contribution is 0.294. The first kappa shape index (κ1) is 16.3. The van der Waals surface area contributed by atoms with Gasteiger partial charge >= 0.3 is 0 Å². The van der Waals surface area contributed by atoms with Crippen molar-refractivity contribution in [1.29, 1.82) is 0 Å². The molecule has 5 nitrogen and oxygen atoms in total. The molecule has 0 aliphatic heterocycles. The van der Waals surface area contributed by atoms with Crippen molar-refractivity contribution < 1.29 is 0 Å². The van der Waals surface area contributed by atoms with E-state index >= 15 is 0 Å². The van der Waals surface area contributed by atoms with Crippen LogP contribution in [0.5, 0.6) is 0 Å². The molecule has 1 heterocycles. The Balaban J connectivity index is 2.09. The monoisotopic (exact) mass is 312 g/mol. The third-order valence-corrected chi connectivity index (χ3v) is 4.23. The second-order valence-electron chi connectivity index (χ2n) is 5.83. The third-order valence-electron chi connectivity index (χ3n) is 3.94. The van der Waals surface area contributed by atoms with E-state index in [-0.39, 0.29) is 11.6 Å².